The summed E-state index contributed by atoms with van der Waals surface area (Å²) in [4.78, 5) is 13.9. The van der Waals surface area contributed by atoms with Gasteiger partial charge in [0.15, 0.2) is 0 Å². The van der Waals surface area contributed by atoms with Gasteiger partial charge in [-0.3, -0.25) is 10.1 Å². The topological polar surface area (TPSA) is 94.1 Å². The molecule has 7 heteroatoms. The molecule has 0 fully saturated rings. The number of nitro groups is 1. The maximum Gasteiger partial charge on any atom is 0.311 e. The monoisotopic (exact) mass is 276 g/mol. The zero-order chi connectivity index (χ0) is 14.5. The van der Waals surface area contributed by atoms with Crippen LogP contribution in [-0.4, -0.2) is 16.5 Å². The molecule has 0 aliphatic rings. The number of hydrogen-bond donors (Lipinski definition) is 2. The van der Waals surface area contributed by atoms with Crippen molar-refractivity contribution in [1.29, 1.82) is 0 Å². The Morgan fingerprint density at radius 3 is 2.80 bits per heavy atom. The Balaban J connectivity index is 1.94. The molecule has 6 nitrogen and oxygen atoms in total. The predicted octanol–water partition coefficient (Wildman–Crippen LogP) is 2.37. The standard InChI is InChI=1S/C13H13FN4O2/c14-10-3-1-2-9(8-10)6-7-16-12-5-4-11(18(19)20)13(15)17-12/h1-5,8H,6-7H2,(H3,15,16,17). The van der Waals surface area contributed by atoms with E-state index >= 15 is 0 Å². The average molecular weight is 276 g/mol. The van der Waals surface area contributed by atoms with E-state index < -0.39 is 4.92 Å². The van der Waals surface area contributed by atoms with Gasteiger partial charge in [0.25, 0.3) is 0 Å². The normalized spacial score (nSPS) is 10.2. The van der Waals surface area contributed by atoms with Crippen molar-refractivity contribution in [3.8, 4) is 0 Å². The van der Waals surface area contributed by atoms with Crippen LogP contribution < -0.4 is 11.1 Å². The van der Waals surface area contributed by atoms with Gasteiger partial charge < -0.3 is 11.1 Å². The second kappa shape index (κ2) is 5.96. The number of nitrogens with one attached hydrogen (secondary N) is 1. The van der Waals surface area contributed by atoms with Crippen LogP contribution >= 0.6 is 0 Å². The maximum absolute atomic E-state index is 13.0. The molecule has 0 saturated heterocycles. The Morgan fingerprint density at radius 1 is 1.35 bits per heavy atom. The van der Waals surface area contributed by atoms with Crippen LogP contribution in [0, 0.1) is 15.9 Å². The number of hydrogen-bond acceptors (Lipinski definition) is 5. The smallest absolute Gasteiger partial charge is 0.311 e. The molecule has 1 aromatic heterocycles. The number of nitrogens with zero attached hydrogens (tertiary/aromatic N) is 2. The molecule has 0 radical (unpaired) electrons. The van der Waals surface area contributed by atoms with Gasteiger partial charge in [-0.2, -0.15) is 0 Å². The van der Waals surface area contributed by atoms with Gasteiger partial charge in [0.1, 0.15) is 11.6 Å². The zero-order valence-electron chi connectivity index (χ0n) is 10.5. The molecule has 20 heavy (non-hydrogen) atoms. The molecule has 1 aromatic carbocycles. The van der Waals surface area contributed by atoms with Crippen molar-refractivity contribution in [3.05, 3.63) is 57.9 Å². The van der Waals surface area contributed by atoms with E-state index in [1.165, 1.54) is 24.3 Å². The Kier molecular flexibility index (Phi) is 4.09. The summed E-state index contributed by atoms with van der Waals surface area (Å²) in [5.74, 6) is 0.0375. The molecule has 0 aliphatic heterocycles. The number of pyridine rings is 1. The van der Waals surface area contributed by atoms with Gasteiger partial charge in [0.05, 0.1) is 4.92 Å². The summed E-state index contributed by atoms with van der Waals surface area (Å²) in [6.07, 6.45) is 0.607. The van der Waals surface area contributed by atoms with Crippen molar-refractivity contribution in [2.75, 3.05) is 17.6 Å². The lowest BCUT2D eigenvalue weighted by atomic mass is 10.1. The second-order valence-electron chi connectivity index (χ2n) is 4.16. The minimum absolute atomic E-state index is 0.134. The first-order valence-corrected chi connectivity index (χ1v) is 5.95. The van der Waals surface area contributed by atoms with Crippen LogP contribution in [0.5, 0.6) is 0 Å². The van der Waals surface area contributed by atoms with Crippen molar-refractivity contribution < 1.29 is 9.31 Å². The van der Waals surface area contributed by atoms with Crippen LogP contribution in [0.2, 0.25) is 0 Å². The second-order valence-corrected chi connectivity index (χ2v) is 4.16. The molecule has 104 valence electrons. The lowest BCUT2D eigenvalue weighted by Gasteiger charge is -2.06. The third-order valence-corrected chi connectivity index (χ3v) is 2.71. The molecule has 0 amide bonds. The summed E-state index contributed by atoms with van der Waals surface area (Å²) in [7, 11) is 0. The first-order chi connectivity index (χ1) is 9.56. The molecule has 0 saturated carbocycles. The number of benzene rings is 1. The lowest BCUT2D eigenvalue weighted by molar-refractivity contribution is -0.384. The largest absolute Gasteiger partial charge is 0.378 e. The Hall–Kier alpha value is -2.70. The average Bonchev–Trinajstić information content (AvgIpc) is 2.38. The molecule has 2 aromatic rings. The van der Waals surface area contributed by atoms with E-state index in [1.54, 1.807) is 6.07 Å². The van der Waals surface area contributed by atoms with E-state index in [-0.39, 0.29) is 17.3 Å². The Labute approximate surface area is 114 Å². The van der Waals surface area contributed by atoms with E-state index in [0.29, 0.717) is 18.8 Å². The van der Waals surface area contributed by atoms with E-state index in [4.69, 9.17) is 5.73 Å². The third kappa shape index (κ3) is 3.41. The first kappa shape index (κ1) is 13.7. The Morgan fingerprint density at radius 2 is 2.15 bits per heavy atom. The van der Waals surface area contributed by atoms with Crippen molar-refractivity contribution in [2.45, 2.75) is 6.42 Å². The molecule has 3 N–H and O–H groups in total. The van der Waals surface area contributed by atoms with Gasteiger partial charge >= 0.3 is 5.69 Å². The molecule has 0 atom stereocenters. The number of anilines is 2. The van der Waals surface area contributed by atoms with E-state index in [1.807, 2.05) is 6.07 Å². The van der Waals surface area contributed by atoms with Crippen molar-refractivity contribution in [3.63, 3.8) is 0 Å². The Bertz CT molecular complexity index is 634. The van der Waals surface area contributed by atoms with Crippen LogP contribution in [0.3, 0.4) is 0 Å². The fourth-order valence-electron chi connectivity index (χ4n) is 1.75. The van der Waals surface area contributed by atoms with Crippen LogP contribution in [0.4, 0.5) is 21.7 Å². The molecule has 2 rings (SSSR count). The predicted molar refractivity (Wildman–Crippen MR) is 73.9 cm³/mol. The van der Waals surface area contributed by atoms with E-state index in [0.717, 1.165) is 5.56 Å². The van der Waals surface area contributed by atoms with Crippen molar-refractivity contribution in [1.82, 2.24) is 4.98 Å². The highest BCUT2D eigenvalue weighted by Gasteiger charge is 2.12. The number of halogens is 1. The maximum atomic E-state index is 13.0. The van der Waals surface area contributed by atoms with Gasteiger partial charge in [-0.1, -0.05) is 12.1 Å². The minimum Gasteiger partial charge on any atom is -0.378 e. The highest BCUT2D eigenvalue weighted by molar-refractivity contribution is 5.57. The van der Waals surface area contributed by atoms with Gasteiger partial charge in [-0.05, 0) is 30.2 Å². The first-order valence-electron chi connectivity index (χ1n) is 5.95. The summed E-state index contributed by atoms with van der Waals surface area (Å²) < 4.78 is 13.0. The molecule has 0 spiro atoms. The van der Waals surface area contributed by atoms with Gasteiger partial charge in [0.2, 0.25) is 5.82 Å². The van der Waals surface area contributed by atoms with Crippen LogP contribution in [0.15, 0.2) is 36.4 Å². The fraction of sp³-hybridized carbons (Fsp3) is 0.154. The molecule has 0 unspecified atom stereocenters. The highest BCUT2D eigenvalue weighted by atomic mass is 19.1. The van der Waals surface area contributed by atoms with Gasteiger partial charge in [-0.25, -0.2) is 9.37 Å². The van der Waals surface area contributed by atoms with Crippen LogP contribution in [0.1, 0.15) is 5.56 Å². The summed E-state index contributed by atoms with van der Waals surface area (Å²) >= 11 is 0. The van der Waals surface area contributed by atoms with Crippen LogP contribution in [-0.2, 0) is 6.42 Å². The highest BCUT2D eigenvalue weighted by Crippen LogP contribution is 2.20. The molecular formula is C13H13FN4O2. The summed E-state index contributed by atoms with van der Waals surface area (Å²) in [6.45, 7) is 0.522. The number of nitrogens with two attached hydrogens (primary N) is 1. The number of nitrogen functional groups attached to an aromatic ring is 1. The molecule has 0 bridgehead atoms. The van der Waals surface area contributed by atoms with Gasteiger partial charge in [0, 0.05) is 12.6 Å². The minimum atomic E-state index is -0.584. The molecular weight excluding hydrogens is 263 g/mol. The third-order valence-electron chi connectivity index (χ3n) is 2.71. The molecule has 0 aliphatic carbocycles. The lowest BCUT2D eigenvalue weighted by Crippen LogP contribution is -2.08. The molecule has 1 heterocycles. The fourth-order valence-corrected chi connectivity index (χ4v) is 1.75. The van der Waals surface area contributed by atoms with E-state index in [2.05, 4.69) is 10.3 Å². The SMILES string of the molecule is Nc1nc(NCCc2cccc(F)c2)ccc1[N+](=O)[O-]. The van der Waals surface area contributed by atoms with Gasteiger partial charge in [-0.15, -0.1) is 0 Å². The summed E-state index contributed by atoms with van der Waals surface area (Å²) in [6, 6.07) is 9.09. The summed E-state index contributed by atoms with van der Waals surface area (Å²) in [5.41, 5.74) is 6.12. The number of aromatic nitrogens is 1. The zero-order valence-corrected chi connectivity index (χ0v) is 10.5. The van der Waals surface area contributed by atoms with Crippen molar-refractivity contribution in [2.24, 2.45) is 0 Å². The summed E-state index contributed by atoms with van der Waals surface area (Å²) in [5, 5.41) is 13.6. The van der Waals surface area contributed by atoms with Crippen LogP contribution in [0.25, 0.3) is 0 Å². The van der Waals surface area contributed by atoms with E-state index in [9.17, 15) is 14.5 Å². The van der Waals surface area contributed by atoms with Crippen molar-refractivity contribution >= 4 is 17.3 Å². The quantitative estimate of drug-likeness (QED) is 0.645. The number of rotatable bonds is 5.